The lowest BCUT2D eigenvalue weighted by atomic mass is 10.2. The molecule has 0 unspecified atom stereocenters. The van der Waals surface area contributed by atoms with E-state index >= 15 is 0 Å². The predicted octanol–water partition coefficient (Wildman–Crippen LogP) is 1.99. The molecule has 1 aliphatic carbocycles. The fraction of sp³-hybridized carbons (Fsp3) is 0.500. The van der Waals surface area contributed by atoms with E-state index in [2.05, 4.69) is 10.5 Å². The van der Waals surface area contributed by atoms with Crippen LogP contribution in [0.5, 0.6) is 0 Å². The number of carbonyl (C=O) groups is 1. The normalized spacial score (nSPS) is 16.8. The number of amides is 1. The van der Waals surface area contributed by atoms with Gasteiger partial charge in [0.15, 0.2) is 0 Å². The zero-order chi connectivity index (χ0) is 11.4. The Balaban J connectivity index is 1.88. The van der Waals surface area contributed by atoms with Gasteiger partial charge in [-0.1, -0.05) is 13.0 Å². The van der Waals surface area contributed by atoms with Crippen molar-refractivity contribution in [3.8, 4) is 0 Å². The summed E-state index contributed by atoms with van der Waals surface area (Å²) in [5.41, 5.74) is 3.36. The molecule has 1 N–H and O–H groups in total. The molecule has 0 radical (unpaired) electrons. The fourth-order valence-corrected chi connectivity index (χ4v) is 1.48. The number of hydroxylamine groups is 1. The third-order valence-electron chi connectivity index (χ3n) is 2.64. The standard InChI is InChI=1S/C12H16N2O2/c1-2-11(10-5-3-4-8-13-10)16-14-12(15)9-6-7-9/h3-5,8-9,11H,2,6-7H2,1H3,(H,14,15)/t11-/m1/s1. The molecule has 0 bridgehead atoms. The van der Waals surface area contributed by atoms with Crippen LogP contribution in [0.4, 0.5) is 0 Å². The van der Waals surface area contributed by atoms with Gasteiger partial charge in [0.25, 0.3) is 0 Å². The Morgan fingerprint density at radius 1 is 1.62 bits per heavy atom. The van der Waals surface area contributed by atoms with Gasteiger partial charge in [-0.25, -0.2) is 5.48 Å². The smallest absolute Gasteiger partial charge is 0.246 e. The molecule has 1 atom stereocenters. The maximum absolute atomic E-state index is 11.4. The van der Waals surface area contributed by atoms with Gasteiger partial charge in [-0.2, -0.15) is 0 Å². The molecule has 1 saturated carbocycles. The molecular formula is C12H16N2O2. The fourth-order valence-electron chi connectivity index (χ4n) is 1.48. The lowest BCUT2D eigenvalue weighted by molar-refractivity contribution is -0.140. The highest BCUT2D eigenvalue weighted by atomic mass is 16.7. The SMILES string of the molecule is CC[C@@H](ONC(=O)C1CC1)c1ccccn1. The molecule has 0 spiro atoms. The molecule has 1 aliphatic rings. The van der Waals surface area contributed by atoms with Gasteiger partial charge in [0.05, 0.1) is 5.69 Å². The first-order valence-corrected chi connectivity index (χ1v) is 5.67. The van der Waals surface area contributed by atoms with Gasteiger partial charge >= 0.3 is 0 Å². The summed E-state index contributed by atoms with van der Waals surface area (Å²) >= 11 is 0. The van der Waals surface area contributed by atoms with Crippen molar-refractivity contribution in [2.24, 2.45) is 5.92 Å². The van der Waals surface area contributed by atoms with Gasteiger partial charge in [-0.05, 0) is 31.4 Å². The number of rotatable bonds is 5. The molecule has 1 heterocycles. The van der Waals surface area contributed by atoms with Crippen LogP contribution in [0, 0.1) is 5.92 Å². The zero-order valence-electron chi connectivity index (χ0n) is 9.35. The average Bonchev–Trinajstić information content (AvgIpc) is 3.15. The Morgan fingerprint density at radius 2 is 2.44 bits per heavy atom. The van der Waals surface area contributed by atoms with Crippen LogP contribution < -0.4 is 5.48 Å². The van der Waals surface area contributed by atoms with Crippen LogP contribution in [0.25, 0.3) is 0 Å². The van der Waals surface area contributed by atoms with Crippen LogP contribution in [0.2, 0.25) is 0 Å². The summed E-state index contributed by atoms with van der Waals surface area (Å²) in [6.45, 7) is 2.00. The van der Waals surface area contributed by atoms with Crippen LogP contribution in [0.3, 0.4) is 0 Å². The lowest BCUT2D eigenvalue weighted by Crippen LogP contribution is -2.27. The largest absolute Gasteiger partial charge is 0.272 e. The van der Waals surface area contributed by atoms with Crippen molar-refractivity contribution in [2.75, 3.05) is 0 Å². The second kappa shape index (κ2) is 5.07. The van der Waals surface area contributed by atoms with Gasteiger partial charge in [0.1, 0.15) is 6.10 Å². The number of hydrogen-bond acceptors (Lipinski definition) is 3. The summed E-state index contributed by atoms with van der Waals surface area (Å²) in [4.78, 5) is 21.0. The van der Waals surface area contributed by atoms with Crippen molar-refractivity contribution < 1.29 is 9.63 Å². The van der Waals surface area contributed by atoms with E-state index in [0.717, 1.165) is 25.0 Å². The zero-order valence-corrected chi connectivity index (χ0v) is 9.35. The number of aromatic nitrogens is 1. The van der Waals surface area contributed by atoms with E-state index in [1.54, 1.807) is 6.20 Å². The quantitative estimate of drug-likeness (QED) is 0.772. The molecule has 1 aromatic rings. The van der Waals surface area contributed by atoms with Gasteiger partial charge in [0, 0.05) is 12.1 Å². The highest BCUT2D eigenvalue weighted by molar-refractivity contribution is 5.79. The average molecular weight is 220 g/mol. The monoisotopic (exact) mass is 220 g/mol. The molecule has 0 aliphatic heterocycles. The summed E-state index contributed by atoms with van der Waals surface area (Å²) in [7, 11) is 0. The number of nitrogens with zero attached hydrogens (tertiary/aromatic N) is 1. The van der Waals surface area contributed by atoms with Crippen LogP contribution in [0.1, 0.15) is 38.0 Å². The van der Waals surface area contributed by atoms with E-state index in [0.29, 0.717) is 0 Å². The Morgan fingerprint density at radius 3 is 3.00 bits per heavy atom. The molecule has 1 fully saturated rings. The minimum Gasteiger partial charge on any atom is -0.272 e. The van der Waals surface area contributed by atoms with Crippen molar-refractivity contribution in [1.82, 2.24) is 10.5 Å². The van der Waals surface area contributed by atoms with E-state index < -0.39 is 0 Å². The van der Waals surface area contributed by atoms with E-state index in [9.17, 15) is 4.79 Å². The summed E-state index contributed by atoms with van der Waals surface area (Å²) in [5.74, 6) is 0.163. The first kappa shape index (κ1) is 11.1. The summed E-state index contributed by atoms with van der Waals surface area (Å²) < 4.78 is 0. The Bertz CT molecular complexity index is 349. The third kappa shape index (κ3) is 2.79. The summed E-state index contributed by atoms with van der Waals surface area (Å²) in [5, 5.41) is 0. The van der Waals surface area contributed by atoms with Crippen molar-refractivity contribution >= 4 is 5.91 Å². The number of pyridine rings is 1. The van der Waals surface area contributed by atoms with Crippen LogP contribution >= 0.6 is 0 Å². The molecule has 86 valence electrons. The number of hydrogen-bond donors (Lipinski definition) is 1. The van der Waals surface area contributed by atoms with Crippen molar-refractivity contribution in [3.05, 3.63) is 30.1 Å². The molecule has 1 amide bonds. The van der Waals surface area contributed by atoms with Gasteiger partial charge in [-0.15, -0.1) is 0 Å². The summed E-state index contributed by atoms with van der Waals surface area (Å²) in [6, 6.07) is 5.67. The molecule has 4 nitrogen and oxygen atoms in total. The molecule has 1 aromatic heterocycles. The van der Waals surface area contributed by atoms with Crippen LogP contribution in [-0.4, -0.2) is 10.9 Å². The minimum absolute atomic E-state index is 0.00520. The second-order valence-corrected chi connectivity index (χ2v) is 4.01. The molecule has 0 aromatic carbocycles. The first-order valence-electron chi connectivity index (χ1n) is 5.67. The Hall–Kier alpha value is -1.42. The van der Waals surface area contributed by atoms with Gasteiger partial charge < -0.3 is 0 Å². The van der Waals surface area contributed by atoms with Crippen molar-refractivity contribution in [1.29, 1.82) is 0 Å². The first-order chi connectivity index (χ1) is 7.81. The van der Waals surface area contributed by atoms with Gasteiger partial charge in [0.2, 0.25) is 5.91 Å². The van der Waals surface area contributed by atoms with Crippen molar-refractivity contribution in [2.45, 2.75) is 32.3 Å². The van der Waals surface area contributed by atoms with Gasteiger partial charge in [-0.3, -0.25) is 14.6 Å². The van der Waals surface area contributed by atoms with E-state index in [1.807, 2.05) is 25.1 Å². The third-order valence-corrected chi connectivity index (χ3v) is 2.64. The van der Waals surface area contributed by atoms with Crippen LogP contribution in [-0.2, 0) is 9.63 Å². The van der Waals surface area contributed by atoms with Crippen molar-refractivity contribution in [3.63, 3.8) is 0 Å². The second-order valence-electron chi connectivity index (χ2n) is 4.01. The Labute approximate surface area is 95.0 Å². The molecular weight excluding hydrogens is 204 g/mol. The van der Waals surface area contributed by atoms with E-state index in [1.165, 1.54) is 0 Å². The predicted molar refractivity (Wildman–Crippen MR) is 59.2 cm³/mol. The molecule has 4 heteroatoms. The molecule has 2 rings (SSSR count). The van der Waals surface area contributed by atoms with E-state index in [4.69, 9.17) is 4.84 Å². The number of nitrogens with one attached hydrogen (secondary N) is 1. The minimum atomic E-state index is -0.163. The molecule has 16 heavy (non-hydrogen) atoms. The Kier molecular flexibility index (Phi) is 3.51. The molecule has 0 saturated heterocycles. The maximum atomic E-state index is 11.4. The topological polar surface area (TPSA) is 51.2 Å². The number of carbonyl (C=O) groups excluding carboxylic acids is 1. The maximum Gasteiger partial charge on any atom is 0.246 e. The summed E-state index contributed by atoms with van der Waals surface area (Å²) in [6.07, 6.45) is 4.31. The lowest BCUT2D eigenvalue weighted by Gasteiger charge is -2.15. The highest BCUT2D eigenvalue weighted by Gasteiger charge is 2.30. The highest BCUT2D eigenvalue weighted by Crippen LogP contribution is 2.29. The van der Waals surface area contributed by atoms with E-state index in [-0.39, 0.29) is 17.9 Å². The van der Waals surface area contributed by atoms with Crippen LogP contribution in [0.15, 0.2) is 24.4 Å².